The van der Waals surface area contributed by atoms with Crippen LogP contribution in [0.1, 0.15) is 11.4 Å². The van der Waals surface area contributed by atoms with E-state index in [1.165, 1.54) is 5.69 Å². The van der Waals surface area contributed by atoms with Crippen LogP contribution in [0.5, 0.6) is 0 Å². The molecule has 0 saturated carbocycles. The lowest BCUT2D eigenvalue weighted by Crippen LogP contribution is -2.19. The largest absolute Gasteiger partial charge is 0.353 e. The number of pyridine rings is 1. The zero-order valence-corrected chi connectivity index (χ0v) is 9.80. The first-order valence-electron chi connectivity index (χ1n) is 5.44. The lowest BCUT2D eigenvalue weighted by molar-refractivity contribution is 0.308. The van der Waals surface area contributed by atoms with E-state index in [1.54, 1.807) is 0 Å². The Morgan fingerprint density at radius 2 is 2.06 bits per heavy atom. The van der Waals surface area contributed by atoms with E-state index in [2.05, 4.69) is 52.9 Å². The highest BCUT2D eigenvalue weighted by atomic mass is 15.1. The van der Waals surface area contributed by atoms with Crippen molar-refractivity contribution in [1.82, 2.24) is 14.5 Å². The SMILES string of the molecule is CN(Cc1ccccn1)Cc1cccn1C. The fourth-order valence-corrected chi connectivity index (χ4v) is 1.76. The van der Waals surface area contributed by atoms with Gasteiger partial charge in [0.25, 0.3) is 0 Å². The second-order valence-electron chi connectivity index (χ2n) is 4.10. The van der Waals surface area contributed by atoms with E-state index in [0.29, 0.717) is 0 Å². The number of rotatable bonds is 4. The lowest BCUT2D eigenvalue weighted by Gasteiger charge is -2.16. The van der Waals surface area contributed by atoms with Crippen LogP contribution in [0.2, 0.25) is 0 Å². The molecule has 0 unspecified atom stereocenters. The van der Waals surface area contributed by atoms with Gasteiger partial charge < -0.3 is 4.57 Å². The van der Waals surface area contributed by atoms with Crippen LogP contribution in [0.25, 0.3) is 0 Å². The number of nitrogens with zero attached hydrogens (tertiary/aromatic N) is 3. The Labute approximate surface area is 96.3 Å². The third-order valence-corrected chi connectivity index (χ3v) is 2.64. The molecule has 0 fully saturated rings. The smallest absolute Gasteiger partial charge is 0.0543 e. The van der Waals surface area contributed by atoms with Gasteiger partial charge in [0, 0.05) is 38.2 Å². The standard InChI is InChI=1S/C13H17N3/c1-15(10-12-6-3-4-8-14-12)11-13-7-5-9-16(13)2/h3-9H,10-11H2,1-2H3. The van der Waals surface area contributed by atoms with E-state index >= 15 is 0 Å². The van der Waals surface area contributed by atoms with E-state index in [1.807, 2.05) is 18.3 Å². The van der Waals surface area contributed by atoms with Crippen LogP contribution in [0.4, 0.5) is 0 Å². The minimum absolute atomic E-state index is 0.881. The quantitative estimate of drug-likeness (QED) is 0.778. The summed E-state index contributed by atoms with van der Waals surface area (Å²) in [6.07, 6.45) is 3.91. The van der Waals surface area contributed by atoms with E-state index < -0.39 is 0 Å². The highest BCUT2D eigenvalue weighted by Gasteiger charge is 2.04. The van der Waals surface area contributed by atoms with Gasteiger partial charge in [-0.1, -0.05) is 6.07 Å². The molecule has 0 saturated heterocycles. The van der Waals surface area contributed by atoms with Gasteiger partial charge in [-0.25, -0.2) is 0 Å². The number of hydrogen-bond donors (Lipinski definition) is 0. The van der Waals surface area contributed by atoms with Crippen molar-refractivity contribution in [2.24, 2.45) is 7.05 Å². The van der Waals surface area contributed by atoms with Crippen molar-refractivity contribution in [3.63, 3.8) is 0 Å². The molecule has 16 heavy (non-hydrogen) atoms. The van der Waals surface area contributed by atoms with Gasteiger partial charge in [0.1, 0.15) is 0 Å². The number of aromatic nitrogens is 2. The molecule has 0 aliphatic rings. The lowest BCUT2D eigenvalue weighted by atomic mass is 10.3. The molecule has 2 rings (SSSR count). The summed E-state index contributed by atoms with van der Waals surface area (Å²) in [5.74, 6) is 0. The topological polar surface area (TPSA) is 21.1 Å². The molecular formula is C13H17N3. The molecule has 0 atom stereocenters. The van der Waals surface area contributed by atoms with Gasteiger partial charge in [-0.05, 0) is 31.3 Å². The maximum Gasteiger partial charge on any atom is 0.0543 e. The van der Waals surface area contributed by atoms with Crippen molar-refractivity contribution in [3.05, 3.63) is 54.1 Å². The Hall–Kier alpha value is -1.61. The average Bonchev–Trinajstić information content (AvgIpc) is 2.66. The monoisotopic (exact) mass is 215 g/mol. The molecule has 2 heterocycles. The van der Waals surface area contributed by atoms with Gasteiger partial charge in [-0.2, -0.15) is 0 Å². The Bertz CT molecular complexity index is 433. The fraction of sp³-hybridized carbons (Fsp3) is 0.308. The summed E-state index contributed by atoms with van der Waals surface area (Å²) in [5, 5.41) is 0. The molecular weight excluding hydrogens is 198 g/mol. The van der Waals surface area contributed by atoms with Gasteiger partial charge in [0.15, 0.2) is 0 Å². The maximum atomic E-state index is 4.32. The summed E-state index contributed by atoms with van der Waals surface area (Å²) in [6, 6.07) is 10.2. The predicted octanol–water partition coefficient (Wildman–Crippen LogP) is 2.05. The summed E-state index contributed by atoms with van der Waals surface area (Å²) in [6.45, 7) is 1.83. The van der Waals surface area contributed by atoms with E-state index in [0.717, 1.165) is 18.8 Å². The van der Waals surface area contributed by atoms with Crippen molar-refractivity contribution in [3.8, 4) is 0 Å². The summed E-state index contributed by atoms with van der Waals surface area (Å²) in [7, 11) is 4.19. The Balaban J connectivity index is 1.95. The van der Waals surface area contributed by atoms with Crippen molar-refractivity contribution in [2.45, 2.75) is 13.1 Å². The molecule has 0 radical (unpaired) electrons. The fourth-order valence-electron chi connectivity index (χ4n) is 1.76. The van der Waals surface area contributed by atoms with Crippen LogP contribution >= 0.6 is 0 Å². The number of hydrogen-bond acceptors (Lipinski definition) is 2. The van der Waals surface area contributed by atoms with Gasteiger partial charge in [-0.3, -0.25) is 9.88 Å². The summed E-state index contributed by atoms with van der Waals surface area (Å²) in [4.78, 5) is 6.58. The molecule has 2 aromatic heterocycles. The van der Waals surface area contributed by atoms with Crippen LogP contribution in [0, 0.1) is 0 Å². The molecule has 0 aliphatic carbocycles. The first-order valence-corrected chi connectivity index (χ1v) is 5.44. The Kier molecular flexibility index (Phi) is 3.37. The van der Waals surface area contributed by atoms with Crippen molar-refractivity contribution >= 4 is 0 Å². The molecule has 0 aromatic carbocycles. The van der Waals surface area contributed by atoms with Gasteiger partial charge in [-0.15, -0.1) is 0 Å². The van der Waals surface area contributed by atoms with Crippen molar-refractivity contribution < 1.29 is 0 Å². The summed E-state index contributed by atoms with van der Waals surface area (Å²) in [5.41, 5.74) is 2.43. The van der Waals surface area contributed by atoms with Crippen LogP contribution in [-0.2, 0) is 20.1 Å². The van der Waals surface area contributed by atoms with Crippen LogP contribution in [-0.4, -0.2) is 21.5 Å². The van der Waals surface area contributed by atoms with Crippen molar-refractivity contribution in [2.75, 3.05) is 7.05 Å². The molecule has 0 bridgehead atoms. The number of aryl methyl sites for hydroxylation is 1. The molecule has 2 aromatic rings. The van der Waals surface area contributed by atoms with Gasteiger partial charge in [0.2, 0.25) is 0 Å². The minimum Gasteiger partial charge on any atom is -0.353 e. The summed E-state index contributed by atoms with van der Waals surface area (Å²) >= 11 is 0. The van der Waals surface area contributed by atoms with E-state index in [-0.39, 0.29) is 0 Å². The third kappa shape index (κ3) is 2.70. The highest BCUT2D eigenvalue weighted by Crippen LogP contribution is 2.06. The Morgan fingerprint density at radius 3 is 2.69 bits per heavy atom. The molecule has 0 amide bonds. The molecule has 0 N–H and O–H groups in total. The predicted molar refractivity (Wildman–Crippen MR) is 64.8 cm³/mol. The molecule has 84 valence electrons. The molecule has 3 heteroatoms. The van der Waals surface area contributed by atoms with Gasteiger partial charge >= 0.3 is 0 Å². The third-order valence-electron chi connectivity index (χ3n) is 2.64. The molecule has 0 aliphatic heterocycles. The Morgan fingerprint density at radius 1 is 1.19 bits per heavy atom. The van der Waals surface area contributed by atoms with Gasteiger partial charge in [0.05, 0.1) is 5.69 Å². The normalized spacial score (nSPS) is 10.9. The van der Waals surface area contributed by atoms with Crippen LogP contribution in [0.3, 0.4) is 0 Å². The zero-order valence-electron chi connectivity index (χ0n) is 9.80. The first-order chi connectivity index (χ1) is 7.75. The average molecular weight is 215 g/mol. The molecule has 3 nitrogen and oxygen atoms in total. The van der Waals surface area contributed by atoms with E-state index in [4.69, 9.17) is 0 Å². The van der Waals surface area contributed by atoms with Crippen LogP contribution in [0.15, 0.2) is 42.7 Å². The van der Waals surface area contributed by atoms with Crippen molar-refractivity contribution in [1.29, 1.82) is 0 Å². The highest BCUT2D eigenvalue weighted by molar-refractivity contribution is 5.07. The zero-order chi connectivity index (χ0) is 11.4. The first kappa shape index (κ1) is 10.9. The maximum absolute atomic E-state index is 4.32. The summed E-state index contributed by atoms with van der Waals surface area (Å²) < 4.78 is 2.15. The molecule has 0 spiro atoms. The minimum atomic E-state index is 0.881. The second kappa shape index (κ2) is 4.94. The van der Waals surface area contributed by atoms with Crippen LogP contribution < -0.4 is 0 Å². The van der Waals surface area contributed by atoms with E-state index in [9.17, 15) is 0 Å². The second-order valence-corrected chi connectivity index (χ2v) is 4.10.